The maximum atomic E-state index is 5.48. The highest BCUT2D eigenvalue weighted by molar-refractivity contribution is 9.10. The van der Waals surface area contributed by atoms with Crippen molar-refractivity contribution in [1.82, 2.24) is 0 Å². The number of halogens is 2. The third-order valence-electron chi connectivity index (χ3n) is 2.73. The molecule has 1 aromatic carbocycles. The fraction of sp³-hybridized carbons (Fsp3) is 0.538. The van der Waals surface area contributed by atoms with Crippen LogP contribution in [0.15, 0.2) is 16.6 Å². The molecule has 0 N–H and O–H groups in total. The van der Waals surface area contributed by atoms with Gasteiger partial charge in [-0.1, -0.05) is 35.8 Å². The van der Waals surface area contributed by atoms with Crippen molar-refractivity contribution in [2.24, 2.45) is 0 Å². The molecular formula is C13H18Br2O2. The normalized spacial score (nSPS) is 14.2. The molecule has 1 aromatic rings. The second-order valence-corrected chi connectivity index (χ2v) is 6.48. The average Bonchev–Trinajstić information content (AvgIpc) is 2.27. The van der Waals surface area contributed by atoms with Crippen LogP contribution in [0.3, 0.4) is 0 Å². The van der Waals surface area contributed by atoms with Crippen molar-refractivity contribution in [2.75, 3.05) is 14.2 Å². The Morgan fingerprint density at radius 1 is 1.18 bits per heavy atom. The van der Waals surface area contributed by atoms with E-state index in [-0.39, 0.29) is 0 Å². The largest absolute Gasteiger partial charge is 0.495 e. The number of ether oxygens (including phenoxy) is 2. The van der Waals surface area contributed by atoms with Crippen LogP contribution >= 0.6 is 31.9 Å². The zero-order valence-electron chi connectivity index (χ0n) is 10.6. The molecule has 0 amide bonds. The lowest BCUT2D eigenvalue weighted by molar-refractivity contribution is 0.383. The highest BCUT2D eigenvalue weighted by atomic mass is 79.9. The van der Waals surface area contributed by atoms with E-state index >= 15 is 0 Å². The molecule has 0 heterocycles. The van der Waals surface area contributed by atoms with Crippen LogP contribution in [0.1, 0.15) is 31.7 Å². The van der Waals surface area contributed by atoms with Gasteiger partial charge in [0.2, 0.25) is 0 Å². The Morgan fingerprint density at radius 3 is 2.29 bits per heavy atom. The zero-order valence-corrected chi connectivity index (χ0v) is 13.8. The number of benzene rings is 1. The Balaban J connectivity index is 3.11. The van der Waals surface area contributed by atoms with Crippen molar-refractivity contribution >= 4 is 31.9 Å². The Hall–Kier alpha value is -0.220. The zero-order chi connectivity index (χ0) is 13.0. The lowest BCUT2D eigenvalue weighted by Crippen LogP contribution is -2.03. The number of hydrogen-bond donors (Lipinski definition) is 0. The molecule has 0 aliphatic heterocycles. The van der Waals surface area contributed by atoms with Crippen LogP contribution in [0.25, 0.3) is 0 Å². The van der Waals surface area contributed by atoms with E-state index in [1.165, 1.54) is 5.56 Å². The van der Waals surface area contributed by atoms with Crippen molar-refractivity contribution in [2.45, 2.75) is 31.0 Å². The number of rotatable bonds is 5. The summed E-state index contributed by atoms with van der Waals surface area (Å²) in [5.74, 6) is 2.09. The van der Waals surface area contributed by atoms with Crippen molar-refractivity contribution in [3.63, 3.8) is 0 Å². The minimum atomic E-state index is 0.432. The second kappa shape index (κ2) is 6.64. The summed E-state index contributed by atoms with van der Waals surface area (Å²) in [5, 5.41) is 0. The summed E-state index contributed by atoms with van der Waals surface area (Å²) in [6, 6.07) is 4.04. The lowest BCUT2D eigenvalue weighted by atomic mass is 9.95. The Kier molecular flexibility index (Phi) is 5.80. The van der Waals surface area contributed by atoms with Crippen LogP contribution in [0, 0.1) is 0 Å². The molecule has 0 aromatic heterocycles. The fourth-order valence-electron chi connectivity index (χ4n) is 1.92. The minimum absolute atomic E-state index is 0.432. The monoisotopic (exact) mass is 364 g/mol. The third-order valence-corrected chi connectivity index (χ3v) is 3.85. The molecule has 0 aliphatic carbocycles. The Morgan fingerprint density at radius 2 is 1.82 bits per heavy atom. The summed E-state index contributed by atoms with van der Waals surface area (Å²) in [6.45, 7) is 4.36. The first-order valence-electron chi connectivity index (χ1n) is 5.55. The first kappa shape index (κ1) is 14.8. The molecule has 0 bridgehead atoms. The van der Waals surface area contributed by atoms with Crippen molar-refractivity contribution in [3.8, 4) is 11.5 Å². The molecule has 0 saturated heterocycles. The maximum Gasteiger partial charge on any atom is 0.140 e. The smallest absolute Gasteiger partial charge is 0.140 e. The summed E-state index contributed by atoms with van der Waals surface area (Å²) < 4.78 is 11.6. The van der Waals surface area contributed by atoms with Gasteiger partial charge in [0.05, 0.1) is 14.2 Å². The lowest BCUT2D eigenvalue weighted by Gasteiger charge is -2.19. The molecular weight excluding hydrogens is 348 g/mol. The second-order valence-electron chi connectivity index (χ2n) is 4.12. The van der Waals surface area contributed by atoms with Crippen LogP contribution in [-0.2, 0) is 0 Å². The summed E-state index contributed by atoms with van der Waals surface area (Å²) >= 11 is 7.11. The number of alkyl halides is 1. The summed E-state index contributed by atoms with van der Waals surface area (Å²) in [7, 11) is 3.34. The molecule has 17 heavy (non-hydrogen) atoms. The van der Waals surface area contributed by atoms with Gasteiger partial charge in [0.1, 0.15) is 16.0 Å². The molecule has 0 fully saturated rings. The van der Waals surface area contributed by atoms with Gasteiger partial charge in [0.25, 0.3) is 0 Å². The molecule has 0 aliphatic rings. The highest BCUT2D eigenvalue weighted by Gasteiger charge is 2.18. The Bertz CT molecular complexity index is 378. The van der Waals surface area contributed by atoms with Gasteiger partial charge in [0, 0.05) is 4.83 Å². The predicted molar refractivity (Wildman–Crippen MR) is 78.7 cm³/mol. The van der Waals surface area contributed by atoms with Gasteiger partial charge >= 0.3 is 0 Å². The predicted octanol–water partition coefficient (Wildman–Crippen LogP) is 4.74. The minimum Gasteiger partial charge on any atom is -0.495 e. The summed E-state index contributed by atoms with van der Waals surface area (Å²) in [5.41, 5.74) is 1.20. The van der Waals surface area contributed by atoms with E-state index < -0.39 is 0 Å². The SMILES string of the molecule is COc1ccc(C(C)CC(C)Br)c(OC)c1Br. The van der Waals surface area contributed by atoms with Crippen LogP contribution in [-0.4, -0.2) is 19.0 Å². The molecule has 0 spiro atoms. The van der Waals surface area contributed by atoms with E-state index in [9.17, 15) is 0 Å². The van der Waals surface area contributed by atoms with Crippen LogP contribution < -0.4 is 9.47 Å². The van der Waals surface area contributed by atoms with Gasteiger partial charge < -0.3 is 9.47 Å². The van der Waals surface area contributed by atoms with Crippen LogP contribution in [0.2, 0.25) is 0 Å². The fourth-order valence-corrected chi connectivity index (χ4v) is 3.17. The van der Waals surface area contributed by atoms with E-state index in [0.29, 0.717) is 10.7 Å². The van der Waals surface area contributed by atoms with Crippen molar-refractivity contribution in [3.05, 3.63) is 22.2 Å². The number of methoxy groups -OCH3 is 2. The van der Waals surface area contributed by atoms with Gasteiger partial charge in [-0.05, 0) is 39.9 Å². The molecule has 2 atom stereocenters. The van der Waals surface area contributed by atoms with E-state index in [0.717, 1.165) is 22.4 Å². The van der Waals surface area contributed by atoms with Gasteiger partial charge in [-0.25, -0.2) is 0 Å². The molecule has 0 radical (unpaired) electrons. The van der Waals surface area contributed by atoms with Gasteiger partial charge in [-0.2, -0.15) is 0 Å². The quantitative estimate of drug-likeness (QED) is 0.701. The van der Waals surface area contributed by atoms with E-state index in [1.54, 1.807) is 14.2 Å². The van der Waals surface area contributed by atoms with Gasteiger partial charge in [-0.15, -0.1) is 0 Å². The van der Waals surface area contributed by atoms with Crippen molar-refractivity contribution < 1.29 is 9.47 Å². The summed E-state index contributed by atoms with van der Waals surface area (Å²) in [4.78, 5) is 0.489. The van der Waals surface area contributed by atoms with E-state index in [2.05, 4.69) is 51.8 Å². The molecule has 96 valence electrons. The van der Waals surface area contributed by atoms with Crippen molar-refractivity contribution in [1.29, 1.82) is 0 Å². The molecule has 1 rings (SSSR count). The highest BCUT2D eigenvalue weighted by Crippen LogP contribution is 2.41. The molecule has 2 unspecified atom stereocenters. The number of hydrogen-bond acceptors (Lipinski definition) is 2. The standard InChI is InChI=1S/C13H18Br2O2/c1-8(7-9(2)14)10-5-6-11(16-3)12(15)13(10)17-4/h5-6,8-9H,7H2,1-4H3. The van der Waals surface area contributed by atoms with E-state index in [1.807, 2.05) is 6.07 Å². The van der Waals surface area contributed by atoms with Gasteiger partial charge in [-0.3, -0.25) is 0 Å². The topological polar surface area (TPSA) is 18.5 Å². The first-order valence-corrected chi connectivity index (χ1v) is 7.26. The molecule has 2 nitrogen and oxygen atoms in total. The summed E-state index contributed by atoms with van der Waals surface area (Å²) in [6.07, 6.45) is 1.06. The van der Waals surface area contributed by atoms with Gasteiger partial charge in [0.15, 0.2) is 0 Å². The maximum absolute atomic E-state index is 5.48. The van der Waals surface area contributed by atoms with Crippen LogP contribution in [0.5, 0.6) is 11.5 Å². The molecule has 0 saturated carbocycles. The molecule has 4 heteroatoms. The van der Waals surface area contributed by atoms with Crippen LogP contribution in [0.4, 0.5) is 0 Å². The first-order chi connectivity index (χ1) is 8.01. The third kappa shape index (κ3) is 3.62. The van der Waals surface area contributed by atoms with E-state index in [4.69, 9.17) is 9.47 Å². The Labute approximate surface area is 120 Å². The average molecular weight is 366 g/mol.